The lowest BCUT2D eigenvalue weighted by Crippen LogP contribution is -2.40. The minimum atomic E-state index is -1.21. The van der Waals surface area contributed by atoms with Crippen LogP contribution in [0.25, 0.3) is 0 Å². The maximum absolute atomic E-state index is 12.8. The van der Waals surface area contributed by atoms with E-state index in [1.165, 1.54) is 0 Å². The van der Waals surface area contributed by atoms with E-state index in [2.05, 4.69) is 5.32 Å². The predicted molar refractivity (Wildman–Crippen MR) is 125 cm³/mol. The summed E-state index contributed by atoms with van der Waals surface area (Å²) >= 11 is 6.30. The van der Waals surface area contributed by atoms with E-state index in [1.54, 1.807) is 24.3 Å². The molecule has 1 aliphatic rings. The zero-order valence-electron chi connectivity index (χ0n) is 19.0. The lowest BCUT2D eigenvalue weighted by Gasteiger charge is -2.24. The molecule has 0 aromatic heterocycles. The first kappa shape index (κ1) is 24.9. The largest absolute Gasteiger partial charge is 0.494 e. The third-order valence-corrected chi connectivity index (χ3v) is 5.82. The summed E-state index contributed by atoms with van der Waals surface area (Å²) in [5.74, 6) is -0.0281. The van der Waals surface area contributed by atoms with Crippen LogP contribution in [0.3, 0.4) is 0 Å². The highest BCUT2D eigenvalue weighted by Crippen LogP contribution is 2.32. The quantitative estimate of drug-likeness (QED) is 0.492. The van der Waals surface area contributed by atoms with Crippen LogP contribution in [-0.2, 0) is 22.5 Å². The van der Waals surface area contributed by atoms with Crippen molar-refractivity contribution in [1.82, 2.24) is 5.32 Å². The zero-order valence-corrected chi connectivity index (χ0v) is 19.7. The molecule has 1 heterocycles. The normalized spacial score (nSPS) is 17.5. The highest BCUT2D eigenvalue weighted by Gasteiger charge is 2.43. The Morgan fingerprint density at radius 1 is 1.18 bits per heavy atom. The SMILES string of the molecule is CCCOc1ccc(C(=O)NCc2cc(C[C@]3(C(=O)O)CCCO3)ccc2OCC)c(Cl)c1. The molecular weight excluding hydrogens is 446 g/mol. The molecule has 0 saturated carbocycles. The average molecular weight is 476 g/mol. The third-order valence-electron chi connectivity index (χ3n) is 5.50. The number of halogens is 1. The molecule has 3 rings (SSSR count). The van der Waals surface area contributed by atoms with E-state index in [9.17, 15) is 14.7 Å². The second-order valence-corrected chi connectivity index (χ2v) is 8.38. The van der Waals surface area contributed by atoms with Crippen LogP contribution >= 0.6 is 11.6 Å². The van der Waals surface area contributed by atoms with Crippen LogP contribution in [0.1, 0.15) is 54.6 Å². The minimum absolute atomic E-state index is 0.202. The monoisotopic (exact) mass is 475 g/mol. The van der Waals surface area contributed by atoms with E-state index in [-0.39, 0.29) is 18.9 Å². The van der Waals surface area contributed by atoms with Crippen molar-refractivity contribution in [3.05, 3.63) is 58.1 Å². The van der Waals surface area contributed by atoms with Crippen LogP contribution in [0.5, 0.6) is 11.5 Å². The molecule has 0 unspecified atom stereocenters. The molecule has 0 spiro atoms. The highest BCUT2D eigenvalue weighted by atomic mass is 35.5. The van der Waals surface area contributed by atoms with Gasteiger partial charge in [0.05, 0.1) is 23.8 Å². The summed E-state index contributed by atoms with van der Waals surface area (Å²) in [6, 6.07) is 10.5. The molecule has 2 aromatic carbocycles. The van der Waals surface area contributed by atoms with Gasteiger partial charge in [0, 0.05) is 25.1 Å². The molecule has 8 heteroatoms. The van der Waals surface area contributed by atoms with Crippen molar-refractivity contribution in [2.45, 2.75) is 51.7 Å². The number of nitrogens with one attached hydrogen (secondary N) is 1. The maximum Gasteiger partial charge on any atom is 0.336 e. The number of carbonyl (C=O) groups is 2. The summed E-state index contributed by atoms with van der Waals surface area (Å²) in [5.41, 5.74) is 0.699. The lowest BCUT2D eigenvalue weighted by atomic mass is 9.91. The number of carboxylic acid groups (broad SMARTS) is 1. The molecular formula is C25H30ClNO6. The van der Waals surface area contributed by atoms with E-state index in [0.29, 0.717) is 48.3 Å². The van der Waals surface area contributed by atoms with Gasteiger partial charge in [-0.25, -0.2) is 4.79 Å². The van der Waals surface area contributed by atoms with Crippen LogP contribution < -0.4 is 14.8 Å². The van der Waals surface area contributed by atoms with Gasteiger partial charge in [0.15, 0.2) is 5.60 Å². The predicted octanol–water partition coefficient (Wildman–Crippen LogP) is 4.63. The summed E-state index contributed by atoms with van der Waals surface area (Å²) in [4.78, 5) is 24.6. The molecule has 1 amide bonds. The minimum Gasteiger partial charge on any atom is -0.494 e. The Morgan fingerprint density at radius 2 is 2.00 bits per heavy atom. The zero-order chi connectivity index (χ0) is 23.8. The summed E-state index contributed by atoms with van der Waals surface area (Å²) in [6.45, 7) is 5.57. The van der Waals surface area contributed by atoms with Gasteiger partial charge in [0.2, 0.25) is 0 Å². The number of ether oxygens (including phenoxy) is 3. The summed E-state index contributed by atoms with van der Waals surface area (Å²) < 4.78 is 16.9. The van der Waals surface area contributed by atoms with E-state index >= 15 is 0 Å². The van der Waals surface area contributed by atoms with E-state index in [4.69, 9.17) is 25.8 Å². The molecule has 1 aliphatic heterocycles. The van der Waals surface area contributed by atoms with Gasteiger partial charge in [0.25, 0.3) is 5.91 Å². The van der Waals surface area contributed by atoms with Crippen molar-refractivity contribution in [2.75, 3.05) is 19.8 Å². The van der Waals surface area contributed by atoms with Crippen LogP contribution in [0, 0.1) is 0 Å². The Kier molecular flexibility index (Phi) is 8.58. The van der Waals surface area contributed by atoms with Gasteiger partial charge in [-0.1, -0.05) is 30.7 Å². The number of carboxylic acids is 1. The first-order chi connectivity index (χ1) is 15.9. The fourth-order valence-electron chi connectivity index (χ4n) is 3.85. The molecule has 1 atom stereocenters. The lowest BCUT2D eigenvalue weighted by molar-refractivity contribution is -0.159. The van der Waals surface area contributed by atoms with Gasteiger partial charge < -0.3 is 24.6 Å². The number of hydrogen-bond acceptors (Lipinski definition) is 5. The first-order valence-electron chi connectivity index (χ1n) is 11.2. The van der Waals surface area contributed by atoms with Gasteiger partial charge in [-0.2, -0.15) is 0 Å². The highest BCUT2D eigenvalue weighted by molar-refractivity contribution is 6.34. The molecule has 33 heavy (non-hydrogen) atoms. The average Bonchev–Trinajstić information content (AvgIpc) is 3.27. The van der Waals surface area contributed by atoms with Gasteiger partial charge in [0.1, 0.15) is 11.5 Å². The molecule has 2 aromatic rings. The molecule has 1 saturated heterocycles. The fourth-order valence-corrected chi connectivity index (χ4v) is 4.10. The summed E-state index contributed by atoms with van der Waals surface area (Å²) in [5, 5.41) is 12.9. The molecule has 0 aliphatic carbocycles. The molecule has 0 bridgehead atoms. The number of carbonyl (C=O) groups excluding carboxylic acids is 1. The van der Waals surface area contributed by atoms with E-state index in [0.717, 1.165) is 24.0 Å². The summed E-state index contributed by atoms with van der Waals surface area (Å²) in [7, 11) is 0. The smallest absolute Gasteiger partial charge is 0.336 e. The molecule has 0 radical (unpaired) electrons. The van der Waals surface area contributed by atoms with Crippen molar-refractivity contribution >= 4 is 23.5 Å². The summed E-state index contributed by atoms with van der Waals surface area (Å²) in [6.07, 6.45) is 2.31. The maximum atomic E-state index is 12.8. The number of amides is 1. The Labute approximate surface area is 199 Å². The van der Waals surface area contributed by atoms with Gasteiger partial charge in [-0.3, -0.25) is 4.79 Å². The van der Waals surface area contributed by atoms with E-state index < -0.39 is 11.6 Å². The van der Waals surface area contributed by atoms with Crippen molar-refractivity contribution in [2.24, 2.45) is 0 Å². The van der Waals surface area contributed by atoms with Gasteiger partial charge in [-0.05, 0) is 56.0 Å². The van der Waals surface area contributed by atoms with Crippen LogP contribution in [-0.4, -0.2) is 42.4 Å². The topological polar surface area (TPSA) is 94.1 Å². The Hall–Kier alpha value is -2.77. The standard InChI is InChI=1S/C25H30ClNO6/c1-3-11-32-19-7-8-20(21(26)14-19)23(28)27-16-18-13-17(6-9-22(18)31-4-2)15-25(24(29)30)10-5-12-33-25/h6-9,13-14H,3-5,10-12,15-16H2,1-2H3,(H,27,28)(H,29,30)/t25-/m0/s1. The van der Waals surface area contributed by atoms with E-state index in [1.807, 2.05) is 26.0 Å². The number of aliphatic carboxylic acids is 1. The van der Waals surface area contributed by atoms with Crippen molar-refractivity contribution in [1.29, 1.82) is 0 Å². The van der Waals surface area contributed by atoms with Crippen molar-refractivity contribution in [3.8, 4) is 11.5 Å². The first-order valence-corrected chi connectivity index (χ1v) is 11.6. The van der Waals surface area contributed by atoms with Gasteiger partial charge in [-0.15, -0.1) is 0 Å². The fraction of sp³-hybridized carbons (Fsp3) is 0.440. The second kappa shape index (κ2) is 11.4. The third kappa shape index (κ3) is 6.18. The number of hydrogen-bond donors (Lipinski definition) is 2. The Bertz CT molecular complexity index is 987. The molecule has 2 N–H and O–H groups in total. The number of rotatable bonds is 11. The Morgan fingerprint density at radius 3 is 2.64 bits per heavy atom. The van der Waals surface area contributed by atoms with Crippen LogP contribution in [0.4, 0.5) is 0 Å². The second-order valence-electron chi connectivity index (χ2n) is 7.98. The van der Waals surface area contributed by atoms with Gasteiger partial charge >= 0.3 is 5.97 Å². The molecule has 7 nitrogen and oxygen atoms in total. The van der Waals surface area contributed by atoms with Crippen molar-refractivity contribution in [3.63, 3.8) is 0 Å². The molecule has 1 fully saturated rings. The van der Waals surface area contributed by atoms with Crippen LogP contribution in [0.2, 0.25) is 5.02 Å². The molecule has 178 valence electrons. The van der Waals surface area contributed by atoms with Crippen molar-refractivity contribution < 1.29 is 28.9 Å². The Balaban J connectivity index is 1.74. The number of benzene rings is 2. The van der Waals surface area contributed by atoms with Crippen LogP contribution in [0.15, 0.2) is 36.4 Å².